The van der Waals surface area contributed by atoms with Gasteiger partial charge in [-0.1, -0.05) is 11.6 Å². The van der Waals surface area contributed by atoms with Crippen molar-refractivity contribution >= 4 is 17.5 Å². The van der Waals surface area contributed by atoms with Crippen molar-refractivity contribution in [3.63, 3.8) is 0 Å². The van der Waals surface area contributed by atoms with Crippen LogP contribution in [0.3, 0.4) is 0 Å². The van der Waals surface area contributed by atoms with Crippen LogP contribution < -0.4 is 10.5 Å². The quantitative estimate of drug-likeness (QED) is 0.870. The smallest absolute Gasteiger partial charge is 0.248 e. The fraction of sp³-hybridized carbons (Fsp3) is 0. The third-order valence-electron chi connectivity index (χ3n) is 2.26. The Hall–Kier alpha value is -2.58. The maximum atomic E-state index is 10.9. The molecule has 0 atom stereocenters. The minimum absolute atomic E-state index is 0.169. The number of primary amides is 1. The predicted molar refractivity (Wildman–Crippen MR) is 69.0 cm³/mol. The summed E-state index contributed by atoms with van der Waals surface area (Å²) in [5, 5.41) is 8.98. The van der Waals surface area contributed by atoms with Crippen LogP contribution in [-0.4, -0.2) is 10.9 Å². The van der Waals surface area contributed by atoms with E-state index in [1.807, 2.05) is 6.07 Å². The summed E-state index contributed by atoms with van der Waals surface area (Å²) in [5.41, 5.74) is 5.86. The van der Waals surface area contributed by atoms with Gasteiger partial charge >= 0.3 is 0 Å². The molecule has 5 nitrogen and oxygen atoms in total. The Labute approximate surface area is 114 Å². The zero-order valence-corrected chi connectivity index (χ0v) is 10.4. The summed E-state index contributed by atoms with van der Waals surface area (Å²) in [4.78, 5) is 14.8. The Kier molecular flexibility index (Phi) is 3.64. The van der Waals surface area contributed by atoms with Crippen molar-refractivity contribution in [1.29, 1.82) is 5.26 Å². The van der Waals surface area contributed by atoms with Crippen molar-refractivity contribution in [1.82, 2.24) is 4.98 Å². The number of ether oxygens (including phenoxy) is 1. The molecule has 1 aromatic heterocycles. The standard InChI is InChI=1S/C13H8ClN3O2/c14-11-5-8(7-15)6-12(17-11)19-10-3-1-9(2-4-10)13(16)18/h1-6H,(H2,16,18). The van der Waals surface area contributed by atoms with E-state index in [9.17, 15) is 4.79 Å². The van der Waals surface area contributed by atoms with Gasteiger partial charge in [0.15, 0.2) is 0 Å². The van der Waals surface area contributed by atoms with E-state index < -0.39 is 5.91 Å². The normalized spacial score (nSPS) is 9.68. The van der Waals surface area contributed by atoms with Gasteiger partial charge in [-0.25, -0.2) is 4.98 Å². The van der Waals surface area contributed by atoms with Crippen molar-refractivity contribution < 1.29 is 9.53 Å². The molecular formula is C13H8ClN3O2. The minimum atomic E-state index is -0.515. The van der Waals surface area contributed by atoms with Gasteiger partial charge in [0.25, 0.3) is 0 Å². The Morgan fingerprint density at radius 2 is 2.00 bits per heavy atom. The molecule has 19 heavy (non-hydrogen) atoms. The number of carbonyl (C=O) groups is 1. The van der Waals surface area contributed by atoms with E-state index in [-0.39, 0.29) is 11.0 Å². The van der Waals surface area contributed by atoms with Crippen LogP contribution in [0, 0.1) is 11.3 Å². The van der Waals surface area contributed by atoms with Crippen LogP contribution >= 0.6 is 11.6 Å². The summed E-state index contributed by atoms with van der Waals surface area (Å²) in [6.07, 6.45) is 0. The van der Waals surface area contributed by atoms with E-state index in [1.165, 1.54) is 24.3 Å². The number of hydrogen-bond acceptors (Lipinski definition) is 4. The Balaban J connectivity index is 2.24. The number of rotatable bonds is 3. The first-order valence-electron chi connectivity index (χ1n) is 5.24. The lowest BCUT2D eigenvalue weighted by Gasteiger charge is -2.05. The van der Waals surface area contributed by atoms with Gasteiger partial charge in [-0.2, -0.15) is 5.26 Å². The highest BCUT2D eigenvalue weighted by atomic mass is 35.5. The average molecular weight is 274 g/mol. The minimum Gasteiger partial charge on any atom is -0.439 e. The van der Waals surface area contributed by atoms with E-state index in [4.69, 9.17) is 27.3 Å². The molecule has 0 aliphatic heterocycles. The van der Waals surface area contributed by atoms with Crippen LogP contribution in [0.5, 0.6) is 11.6 Å². The lowest BCUT2D eigenvalue weighted by molar-refractivity contribution is 0.100. The second-order valence-electron chi connectivity index (χ2n) is 3.62. The molecule has 2 N–H and O–H groups in total. The Bertz CT molecular complexity index is 663. The molecule has 2 rings (SSSR count). The van der Waals surface area contributed by atoms with Crippen LogP contribution in [0.2, 0.25) is 5.15 Å². The van der Waals surface area contributed by atoms with Crippen LogP contribution in [0.25, 0.3) is 0 Å². The number of halogens is 1. The largest absolute Gasteiger partial charge is 0.439 e. The second kappa shape index (κ2) is 5.38. The van der Waals surface area contributed by atoms with Crippen LogP contribution in [0.4, 0.5) is 0 Å². The maximum Gasteiger partial charge on any atom is 0.248 e. The molecule has 6 heteroatoms. The maximum absolute atomic E-state index is 10.9. The van der Waals surface area contributed by atoms with Crippen molar-refractivity contribution in [3.8, 4) is 17.7 Å². The highest BCUT2D eigenvalue weighted by Gasteiger charge is 2.05. The third kappa shape index (κ3) is 3.21. The highest BCUT2D eigenvalue weighted by molar-refractivity contribution is 6.29. The number of pyridine rings is 1. The topological polar surface area (TPSA) is 89.0 Å². The molecule has 0 saturated carbocycles. The van der Waals surface area contributed by atoms with E-state index in [2.05, 4.69) is 4.98 Å². The van der Waals surface area contributed by atoms with Crippen molar-refractivity contribution in [2.75, 3.05) is 0 Å². The Morgan fingerprint density at radius 1 is 1.32 bits per heavy atom. The molecule has 1 heterocycles. The van der Waals surface area contributed by atoms with Gasteiger partial charge in [-0.3, -0.25) is 4.79 Å². The summed E-state index contributed by atoms with van der Waals surface area (Å²) >= 11 is 5.76. The van der Waals surface area contributed by atoms with E-state index in [0.29, 0.717) is 16.9 Å². The van der Waals surface area contributed by atoms with E-state index in [1.54, 1.807) is 12.1 Å². The molecule has 1 amide bonds. The van der Waals surface area contributed by atoms with Gasteiger partial charge in [-0.15, -0.1) is 0 Å². The highest BCUT2D eigenvalue weighted by Crippen LogP contribution is 2.22. The van der Waals surface area contributed by atoms with Crippen molar-refractivity contribution in [2.45, 2.75) is 0 Å². The summed E-state index contributed by atoms with van der Waals surface area (Å²) in [6.45, 7) is 0. The Morgan fingerprint density at radius 3 is 2.58 bits per heavy atom. The monoisotopic (exact) mass is 273 g/mol. The molecule has 0 fully saturated rings. The zero-order valence-electron chi connectivity index (χ0n) is 9.63. The number of carbonyl (C=O) groups excluding carboxylic acids is 1. The number of benzene rings is 1. The number of nitriles is 1. The molecule has 0 unspecified atom stereocenters. The first kappa shape index (κ1) is 12.9. The van der Waals surface area contributed by atoms with Gasteiger partial charge < -0.3 is 10.5 Å². The summed E-state index contributed by atoms with van der Waals surface area (Å²) < 4.78 is 5.44. The molecule has 0 radical (unpaired) electrons. The SMILES string of the molecule is N#Cc1cc(Cl)nc(Oc2ccc(C(N)=O)cc2)c1. The number of amides is 1. The van der Waals surface area contributed by atoms with Crippen molar-refractivity contribution in [2.24, 2.45) is 5.73 Å². The van der Waals surface area contributed by atoms with Crippen LogP contribution in [0.15, 0.2) is 36.4 Å². The third-order valence-corrected chi connectivity index (χ3v) is 2.45. The van der Waals surface area contributed by atoms with Gasteiger partial charge in [0.1, 0.15) is 10.9 Å². The molecule has 0 spiro atoms. The number of nitrogens with two attached hydrogens (primary N) is 1. The van der Waals surface area contributed by atoms with E-state index >= 15 is 0 Å². The number of nitrogens with zero attached hydrogens (tertiary/aromatic N) is 2. The molecule has 1 aromatic carbocycles. The number of aromatic nitrogens is 1. The predicted octanol–water partition coefficient (Wildman–Crippen LogP) is 2.50. The first-order valence-corrected chi connectivity index (χ1v) is 5.61. The van der Waals surface area contributed by atoms with Crippen LogP contribution in [0.1, 0.15) is 15.9 Å². The van der Waals surface area contributed by atoms with Gasteiger partial charge in [-0.05, 0) is 30.3 Å². The van der Waals surface area contributed by atoms with Gasteiger partial charge in [0.05, 0.1) is 11.6 Å². The van der Waals surface area contributed by atoms with Crippen molar-refractivity contribution in [3.05, 3.63) is 52.7 Å². The molecule has 0 aliphatic carbocycles. The summed E-state index contributed by atoms with van der Waals surface area (Å²) in [7, 11) is 0. The fourth-order valence-corrected chi connectivity index (χ4v) is 1.60. The van der Waals surface area contributed by atoms with Gasteiger partial charge in [0.2, 0.25) is 11.8 Å². The zero-order chi connectivity index (χ0) is 13.8. The summed E-state index contributed by atoms with van der Waals surface area (Å²) in [5.74, 6) is 0.152. The lowest BCUT2D eigenvalue weighted by atomic mass is 10.2. The van der Waals surface area contributed by atoms with Gasteiger partial charge in [0, 0.05) is 11.6 Å². The molecule has 0 bridgehead atoms. The molecule has 94 valence electrons. The van der Waals surface area contributed by atoms with Crippen LogP contribution in [-0.2, 0) is 0 Å². The molecule has 0 saturated heterocycles. The second-order valence-corrected chi connectivity index (χ2v) is 4.01. The summed E-state index contributed by atoms with van der Waals surface area (Å²) in [6, 6.07) is 11.1. The average Bonchev–Trinajstić information content (AvgIpc) is 2.38. The van der Waals surface area contributed by atoms with E-state index in [0.717, 1.165) is 0 Å². The molecular weight excluding hydrogens is 266 g/mol. The number of hydrogen-bond donors (Lipinski definition) is 1. The first-order chi connectivity index (χ1) is 9.08. The molecule has 0 aliphatic rings. The fourth-order valence-electron chi connectivity index (χ4n) is 1.40. The lowest BCUT2D eigenvalue weighted by Crippen LogP contribution is -2.10. The molecule has 2 aromatic rings.